The van der Waals surface area contributed by atoms with Crippen LogP contribution >= 0.6 is 35.2 Å². The van der Waals surface area contributed by atoms with Crippen LogP contribution in [-0.2, 0) is 26.7 Å². The number of thiophene rings is 1. The van der Waals surface area contributed by atoms with Crippen LogP contribution in [0.15, 0.2) is 35.7 Å². The Balaban J connectivity index is 1.75. The van der Waals surface area contributed by atoms with Gasteiger partial charge in [-0.05, 0) is 42.8 Å². The van der Waals surface area contributed by atoms with Crippen molar-refractivity contribution >= 4 is 35.2 Å². The van der Waals surface area contributed by atoms with Crippen molar-refractivity contribution in [2.75, 3.05) is 7.05 Å². The predicted molar refractivity (Wildman–Crippen MR) is 102 cm³/mol. The number of rotatable bonds is 6. The average molecular weight is 397 g/mol. The maximum atomic E-state index is 14.0. The Bertz CT molecular complexity index is 897. The van der Waals surface area contributed by atoms with E-state index in [0.717, 1.165) is 12.2 Å². The Kier molecular flexibility index (Phi) is 5.68. The maximum absolute atomic E-state index is 14.0. The van der Waals surface area contributed by atoms with Gasteiger partial charge in [-0.3, -0.25) is 4.90 Å². The zero-order valence-corrected chi connectivity index (χ0v) is 16.3. The lowest BCUT2D eigenvalue weighted by atomic mass is 10.2. The fourth-order valence-corrected chi connectivity index (χ4v) is 3.71. The summed E-state index contributed by atoms with van der Waals surface area (Å²) in [5.74, 6) is 0.604. The maximum Gasteiger partial charge on any atom is 0.198 e. The number of nitrogens with zero attached hydrogens (tertiary/aromatic N) is 4. The zero-order valence-electron chi connectivity index (χ0n) is 13.9. The van der Waals surface area contributed by atoms with E-state index in [1.54, 1.807) is 28.2 Å². The summed E-state index contributed by atoms with van der Waals surface area (Å²) >= 11 is 13.3. The lowest BCUT2D eigenvalue weighted by molar-refractivity contribution is 0.240. The fourth-order valence-electron chi connectivity index (χ4n) is 2.58. The Morgan fingerprint density at radius 3 is 2.80 bits per heavy atom. The third-order valence-electron chi connectivity index (χ3n) is 3.91. The van der Waals surface area contributed by atoms with Crippen LogP contribution in [-0.4, -0.2) is 26.3 Å². The van der Waals surface area contributed by atoms with Crippen molar-refractivity contribution in [3.8, 4) is 0 Å². The molecule has 0 spiro atoms. The quantitative estimate of drug-likeness (QED) is 0.574. The summed E-state index contributed by atoms with van der Waals surface area (Å²) in [5, 5.41) is 7.10. The second-order valence-electron chi connectivity index (χ2n) is 5.87. The molecule has 0 N–H and O–H groups in total. The highest BCUT2D eigenvalue weighted by molar-refractivity contribution is 7.71. The number of hydrogen-bond donors (Lipinski definition) is 0. The van der Waals surface area contributed by atoms with Crippen molar-refractivity contribution < 1.29 is 4.39 Å². The standard InChI is InChI=1S/C17H18ClFN4S2/c1-21(10-13-14(18)6-3-7-15(13)19)11-23-17(24)22(2)16(20-23)9-12-5-4-8-25-12/h3-8H,9-11H2,1-2H3. The minimum absolute atomic E-state index is 0.303. The van der Waals surface area contributed by atoms with Crippen LogP contribution in [0.4, 0.5) is 4.39 Å². The Labute approximate surface area is 160 Å². The molecule has 0 saturated carbocycles. The smallest absolute Gasteiger partial charge is 0.198 e. The van der Waals surface area contributed by atoms with Crippen LogP contribution in [0.25, 0.3) is 0 Å². The van der Waals surface area contributed by atoms with E-state index < -0.39 is 0 Å². The highest BCUT2D eigenvalue weighted by Crippen LogP contribution is 2.20. The fraction of sp³-hybridized carbons (Fsp3) is 0.294. The number of aromatic nitrogens is 3. The third kappa shape index (κ3) is 4.17. The second-order valence-corrected chi connectivity index (χ2v) is 7.67. The van der Waals surface area contributed by atoms with Crippen LogP contribution in [0, 0.1) is 10.6 Å². The Morgan fingerprint density at radius 2 is 2.12 bits per heavy atom. The van der Waals surface area contributed by atoms with Gasteiger partial charge in [0, 0.05) is 35.5 Å². The van der Waals surface area contributed by atoms with Crippen LogP contribution in [0.3, 0.4) is 0 Å². The highest BCUT2D eigenvalue weighted by Gasteiger charge is 2.13. The summed E-state index contributed by atoms with van der Waals surface area (Å²) in [6.07, 6.45) is 0.744. The summed E-state index contributed by atoms with van der Waals surface area (Å²) in [6.45, 7) is 0.839. The third-order valence-corrected chi connectivity index (χ3v) is 5.62. The molecule has 3 aromatic rings. The first-order chi connectivity index (χ1) is 12.0. The lowest BCUT2D eigenvalue weighted by Gasteiger charge is -2.17. The molecular formula is C17H18ClFN4S2. The highest BCUT2D eigenvalue weighted by atomic mass is 35.5. The van der Waals surface area contributed by atoms with E-state index in [9.17, 15) is 4.39 Å². The molecule has 3 rings (SSSR count). The first kappa shape index (κ1) is 18.3. The van der Waals surface area contributed by atoms with E-state index >= 15 is 0 Å². The van der Waals surface area contributed by atoms with Gasteiger partial charge in [-0.2, -0.15) is 5.10 Å². The molecule has 0 saturated heterocycles. The molecule has 25 heavy (non-hydrogen) atoms. The van der Waals surface area contributed by atoms with Gasteiger partial charge in [0.15, 0.2) is 4.77 Å². The first-order valence-corrected chi connectivity index (χ1v) is 9.39. The minimum atomic E-state index is -0.303. The summed E-state index contributed by atoms with van der Waals surface area (Å²) in [5.41, 5.74) is 0.480. The van der Waals surface area contributed by atoms with Crippen molar-refractivity contribution in [2.24, 2.45) is 7.05 Å². The first-order valence-electron chi connectivity index (χ1n) is 7.72. The molecule has 0 amide bonds. The minimum Gasteiger partial charge on any atom is -0.307 e. The van der Waals surface area contributed by atoms with Gasteiger partial charge in [-0.25, -0.2) is 9.07 Å². The van der Waals surface area contributed by atoms with Gasteiger partial charge >= 0.3 is 0 Å². The van der Waals surface area contributed by atoms with Gasteiger partial charge in [0.1, 0.15) is 11.6 Å². The molecule has 4 nitrogen and oxygen atoms in total. The molecule has 8 heteroatoms. The van der Waals surface area contributed by atoms with Crippen LogP contribution in [0.5, 0.6) is 0 Å². The van der Waals surface area contributed by atoms with Crippen molar-refractivity contribution in [3.63, 3.8) is 0 Å². The van der Waals surface area contributed by atoms with Crippen molar-refractivity contribution in [1.82, 2.24) is 19.2 Å². The average Bonchev–Trinajstić information content (AvgIpc) is 3.16. The SMILES string of the molecule is CN(Cc1c(F)cccc1Cl)Cn1nc(Cc2cccs2)n(C)c1=S. The van der Waals surface area contributed by atoms with Gasteiger partial charge in [-0.15, -0.1) is 11.3 Å². The molecule has 0 fully saturated rings. The monoisotopic (exact) mass is 396 g/mol. The molecular weight excluding hydrogens is 379 g/mol. The Hall–Kier alpha value is -1.54. The largest absolute Gasteiger partial charge is 0.307 e. The lowest BCUT2D eigenvalue weighted by Crippen LogP contribution is -2.23. The van der Waals surface area contributed by atoms with Crippen molar-refractivity contribution in [2.45, 2.75) is 19.6 Å². The zero-order chi connectivity index (χ0) is 18.0. The molecule has 1 aromatic carbocycles. The van der Waals surface area contributed by atoms with Gasteiger partial charge in [-0.1, -0.05) is 23.7 Å². The van der Waals surface area contributed by atoms with Gasteiger partial charge in [0.05, 0.1) is 6.67 Å². The van der Waals surface area contributed by atoms with Crippen molar-refractivity contribution in [1.29, 1.82) is 0 Å². The van der Waals surface area contributed by atoms with Crippen LogP contribution in [0.1, 0.15) is 16.3 Å². The number of benzene rings is 1. The number of halogens is 2. The molecule has 2 heterocycles. The van der Waals surface area contributed by atoms with E-state index in [1.807, 2.05) is 35.0 Å². The number of hydrogen-bond acceptors (Lipinski definition) is 4. The summed E-state index contributed by atoms with van der Waals surface area (Å²) in [7, 11) is 3.81. The van der Waals surface area contributed by atoms with Gasteiger partial charge in [0.25, 0.3) is 0 Å². The summed E-state index contributed by atoms with van der Waals surface area (Å²) < 4.78 is 18.3. The summed E-state index contributed by atoms with van der Waals surface area (Å²) in [6, 6.07) is 8.82. The molecule has 0 aliphatic heterocycles. The van der Waals surface area contributed by atoms with E-state index in [0.29, 0.717) is 28.6 Å². The molecule has 0 aliphatic rings. The van der Waals surface area contributed by atoms with Crippen molar-refractivity contribution in [3.05, 3.63) is 67.6 Å². The Morgan fingerprint density at radius 1 is 1.32 bits per heavy atom. The van der Waals surface area contributed by atoms with Gasteiger partial charge in [0.2, 0.25) is 0 Å². The molecule has 0 aliphatic carbocycles. The molecule has 0 radical (unpaired) electrons. The second kappa shape index (κ2) is 7.78. The molecule has 0 unspecified atom stereocenters. The molecule has 132 valence electrons. The molecule has 0 atom stereocenters. The van der Waals surface area contributed by atoms with Crippen LogP contribution in [0.2, 0.25) is 5.02 Å². The topological polar surface area (TPSA) is 26.0 Å². The van der Waals surface area contributed by atoms with Crippen LogP contribution < -0.4 is 0 Å². The van der Waals surface area contributed by atoms with E-state index in [1.165, 1.54) is 10.9 Å². The van der Waals surface area contributed by atoms with E-state index in [2.05, 4.69) is 11.2 Å². The molecule has 0 bridgehead atoms. The van der Waals surface area contributed by atoms with E-state index in [4.69, 9.17) is 23.8 Å². The molecule has 2 aromatic heterocycles. The predicted octanol–water partition coefficient (Wildman–Crippen LogP) is 4.49. The van der Waals surface area contributed by atoms with Gasteiger partial charge < -0.3 is 4.57 Å². The summed E-state index contributed by atoms with van der Waals surface area (Å²) in [4.78, 5) is 3.17. The van der Waals surface area contributed by atoms with E-state index in [-0.39, 0.29) is 5.82 Å². The normalized spacial score (nSPS) is 11.4.